The third kappa shape index (κ3) is 4.76. The number of ether oxygens (including phenoxy) is 1. The monoisotopic (exact) mass is 352 g/mol. The van der Waals surface area contributed by atoms with Crippen molar-refractivity contribution in [2.75, 3.05) is 32.1 Å². The maximum Gasteiger partial charge on any atom is 0.191 e. The van der Waals surface area contributed by atoms with Crippen LogP contribution in [-0.2, 0) is 17.9 Å². The Morgan fingerprint density at radius 3 is 2.58 bits per heavy atom. The lowest BCUT2D eigenvalue weighted by Crippen LogP contribution is -2.44. The first-order chi connectivity index (χ1) is 12.8. The van der Waals surface area contributed by atoms with E-state index < -0.39 is 0 Å². The SMILES string of the molecule is CN=C(NCc1ccccc1COC)NC1CCN(c2ccccc2)C1. The maximum atomic E-state index is 5.28. The van der Waals surface area contributed by atoms with E-state index in [0.717, 1.165) is 32.0 Å². The molecular formula is C21H28N4O. The van der Waals surface area contributed by atoms with Crippen molar-refractivity contribution in [1.29, 1.82) is 0 Å². The molecule has 0 saturated carbocycles. The van der Waals surface area contributed by atoms with Crippen LogP contribution in [0.2, 0.25) is 0 Å². The molecule has 0 radical (unpaired) electrons. The minimum Gasteiger partial charge on any atom is -0.380 e. The summed E-state index contributed by atoms with van der Waals surface area (Å²) in [6.45, 7) is 3.41. The van der Waals surface area contributed by atoms with Gasteiger partial charge in [-0.1, -0.05) is 42.5 Å². The van der Waals surface area contributed by atoms with Gasteiger partial charge in [-0.25, -0.2) is 0 Å². The Morgan fingerprint density at radius 1 is 1.12 bits per heavy atom. The summed E-state index contributed by atoms with van der Waals surface area (Å²) in [5, 5.41) is 6.98. The van der Waals surface area contributed by atoms with E-state index in [-0.39, 0.29) is 0 Å². The van der Waals surface area contributed by atoms with E-state index >= 15 is 0 Å². The fourth-order valence-electron chi connectivity index (χ4n) is 3.34. The van der Waals surface area contributed by atoms with E-state index in [0.29, 0.717) is 12.6 Å². The topological polar surface area (TPSA) is 48.9 Å². The van der Waals surface area contributed by atoms with Gasteiger partial charge < -0.3 is 20.3 Å². The van der Waals surface area contributed by atoms with E-state index in [1.54, 1.807) is 7.11 Å². The number of benzene rings is 2. The van der Waals surface area contributed by atoms with Gasteiger partial charge in [0.1, 0.15) is 0 Å². The number of nitrogens with zero attached hydrogens (tertiary/aromatic N) is 2. The second-order valence-corrected chi connectivity index (χ2v) is 6.54. The van der Waals surface area contributed by atoms with Crippen molar-refractivity contribution in [3.63, 3.8) is 0 Å². The molecule has 1 aliphatic rings. The van der Waals surface area contributed by atoms with Crippen LogP contribution in [0.1, 0.15) is 17.5 Å². The number of anilines is 1. The van der Waals surface area contributed by atoms with Gasteiger partial charge in [0.25, 0.3) is 0 Å². The quantitative estimate of drug-likeness (QED) is 0.620. The van der Waals surface area contributed by atoms with E-state index in [9.17, 15) is 0 Å². The zero-order valence-corrected chi connectivity index (χ0v) is 15.6. The molecule has 26 heavy (non-hydrogen) atoms. The van der Waals surface area contributed by atoms with Crippen molar-refractivity contribution in [1.82, 2.24) is 10.6 Å². The molecule has 1 fully saturated rings. The highest BCUT2D eigenvalue weighted by atomic mass is 16.5. The third-order valence-corrected chi connectivity index (χ3v) is 4.74. The second kappa shape index (κ2) is 9.25. The molecule has 2 aromatic carbocycles. The molecule has 5 nitrogen and oxygen atoms in total. The maximum absolute atomic E-state index is 5.28. The van der Waals surface area contributed by atoms with Crippen molar-refractivity contribution in [3.05, 3.63) is 65.7 Å². The lowest BCUT2D eigenvalue weighted by atomic mass is 10.1. The number of guanidine groups is 1. The first kappa shape index (κ1) is 18.3. The molecule has 0 spiro atoms. The molecule has 0 aromatic heterocycles. The van der Waals surface area contributed by atoms with E-state index in [1.165, 1.54) is 16.8 Å². The summed E-state index contributed by atoms with van der Waals surface area (Å²) >= 11 is 0. The van der Waals surface area contributed by atoms with Gasteiger partial charge in [0.2, 0.25) is 0 Å². The van der Waals surface area contributed by atoms with Crippen LogP contribution in [0.4, 0.5) is 5.69 Å². The number of hydrogen-bond acceptors (Lipinski definition) is 3. The number of rotatable bonds is 6. The average Bonchev–Trinajstić information content (AvgIpc) is 3.15. The molecule has 1 saturated heterocycles. The molecule has 2 N–H and O–H groups in total. The normalized spacial score (nSPS) is 17.4. The summed E-state index contributed by atoms with van der Waals surface area (Å²) in [5.41, 5.74) is 3.72. The Morgan fingerprint density at radius 2 is 1.85 bits per heavy atom. The van der Waals surface area contributed by atoms with Gasteiger partial charge in [-0.3, -0.25) is 4.99 Å². The summed E-state index contributed by atoms with van der Waals surface area (Å²) < 4.78 is 5.28. The Labute approximate surface area is 156 Å². The molecule has 0 bridgehead atoms. The van der Waals surface area contributed by atoms with Crippen LogP contribution in [-0.4, -0.2) is 39.2 Å². The van der Waals surface area contributed by atoms with Crippen molar-refractivity contribution < 1.29 is 4.74 Å². The third-order valence-electron chi connectivity index (χ3n) is 4.74. The van der Waals surface area contributed by atoms with Crippen molar-refractivity contribution in [2.45, 2.75) is 25.6 Å². The predicted octanol–water partition coefficient (Wildman–Crippen LogP) is 2.78. The number of hydrogen-bond donors (Lipinski definition) is 2. The number of methoxy groups -OCH3 is 1. The molecule has 1 aliphatic heterocycles. The predicted molar refractivity (Wildman–Crippen MR) is 108 cm³/mol. The first-order valence-corrected chi connectivity index (χ1v) is 9.13. The largest absolute Gasteiger partial charge is 0.380 e. The molecule has 3 rings (SSSR count). The summed E-state index contributed by atoms with van der Waals surface area (Å²) in [6, 6.07) is 19.3. The van der Waals surface area contributed by atoms with Gasteiger partial charge in [0, 0.05) is 45.5 Å². The average molecular weight is 352 g/mol. The fourth-order valence-corrected chi connectivity index (χ4v) is 3.34. The first-order valence-electron chi connectivity index (χ1n) is 9.13. The van der Waals surface area contributed by atoms with Gasteiger partial charge in [-0.2, -0.15) is 0 Å². The molecule has 1 unspecified atom stereocenters. The van der Waals surface area contributed by atoms with Gasteiger partial charge in [0.15, 0.2) is 5.96 Å². The molecular weight excluding hydrogens is 324 g/mol. The van der Waals surface area contributed by atoms with Crippen LogP contribution >= 0.6 is 0 Å². The lowest BCUT2D eigenvalue weighted by Gasteiger charge is -2.20. The van der Waals surface area contributed by atoms with E-state index in [1.807, 2.05) is 13.1 Å². The Kier molecular flexibility index (Phi) is 6.50. The van der Waals surface area contributed by atoms with Crippen LogP contribution in [0.25, 0.3) is 0 Å². The molecule has 1 atom stereocenters. The van der Waals surface area contributed by atoms with Gasteiger partial charge in [-0.15, -0.1) is 0 Å². The lowest BCUT2D eigenvalue weighted by molar-refractivity contribution is 0.184. The standard InChI is InChI=1S/C21H28N4O/c1-22-21(23-14-17-8-6-7-9-18(17)16-26-2)24-19-12-13-25(15-19)20-10-4-3-5-11-20/h3-11,19H,12-16H2,1-2H3,(H2,22,23,24). The van der Waals surface area contributed by atoms with Crippen LogP contribution < -0.4 is 15.5 Å². The zero-order chi connectivity index (χ0) is 18.2. The van der Waals surface area contributed by atoms with Crippen molar-refractivity contribution in [3.8, 4) is 0 Å². The number of para-hydroxylation sites is 1. The summed E-state index contributed by atoms with van der Waals surface area (Å²) in [7, 11) is 3.55. The Bertz CT molecular complexity index is 717. The number of aliphatic imine (C=N–C) groups is 1. The fraction of sp³-hybridized carbons (Fsp3) is 0.381. The minimum absolute atomic E-state index is 0.399. The van der Waals surface area contributed by atoms with E-state index in [4.69, 9.17) is 4.74 Å². The Balaban J connectivity index is 1.53. The molecule has 0 aliphatic carbocycles. The summed E-state index contributed by atoms with van der Waals surface area (Å²) in [5.74, 6) is 0.845. The highest BCUT2D eigenvalue weighted by Crippen LogP contribution is 2.19. The summed E-state index contributed by atoms with van der Waals surface area (Å²) in [4.78, 5) is 6.80. The molecule has 138 valence electrons. The molecule has 5 heteroatoms. The molecule has 2 aromatic rings. The van der Waals surface area contributed by atoms with Crippen molar-refractivity contribution in [2.24, 2.45) is 4.99 Å². The highest BCUT2D eigenvalue weighted by molar-refractivity contribution is 5.80. The Hall–Kier alpha value is -2.53. The smallest absolute Gasteiger partial charge is 0.191 e. The molecule has 1 heterocycles. The summed E-state index contributed by atoms with van der Waals surface area (Å²) in [6.07, 6.45) is 1.11. The zero-order valence-electron chi connectivity index (χ0n) is 15.6. The van der Waals surface area contributed by atoms with Crippen LogP contribution in [0.3, 0.4) is 0 Å². The number of nitrogens with one attached hydrogen (secondary N) is 2. The molecule has 0 amide bonds. The minimum atomic E-state index is 0.399. The second-order valence-electron chi connectivity index (χ2n) is 6.54. The van der Waals surface area contributed by atoms with Gasteiger partial charge in [0.05, 0.1) is 6.61 Å². The van der Waals surface area contributed by atoms with Gasteiger partial charge >= 0.3 is 0 Å². The van der Waals surface area contributed by atoms with Gasteiger partial charge in [-0.05, 0) is 29.7 Å². The van der Waals surface area contributed by atoms with Crippen LogP contribution in [0.15, 0.2) is 59.6 Å². The highest BCUT2D eigenvalue weighted by Gasteiger charge is 2.23. The van der Waals surface area contributed by atoms with Crippen molar-refractivity contribution >= 4 is 11.6 Å². The van der Waals surface area contributed by atoms with Crippen LogP contribution in [0, 0.1) is 0 Å². The van der Waals surface area contributed by atoms with E-state index in [2.05, 4.69) is 69.1 Å². The van der Waals surface area contributed by atoms with Crippen LogP contribution in [0.5, 0.6) is 0 Å².